The van der Waals surface area contributed by atoms with Gasteiger partial charge in [-0.25, -0.2) is 24.9 Å². The number of aromatic nitrogens is 5. The Hall–Kier alpha value is -7.57. The summed E-state index contributed by atoms with van der Waals surface area (Å²) in [7, 11) is 0. The number of hydrogen-bond acceptors (Lipinski definition) is 6. The van der Waals surface area contributed by atoms with E-state index in [1.54, 1.807) is 0 Å². The van der Waals surface area contributed by atoms with Crippen LogP contribution in [0.2, 0.25) is 0 Å². The number of rotatable bonds is 7. The second-order valence-corrected chi connectivity index (χ2v) is 13.3. The molecule has 7 aromatic carbocycles. The Labute approximate surface area is 317 Å². The van der Waals surface area contributed by atoms with Crippen LogP contribution in [0.1, 0.15) is 0 Å². The van der Waals surface area contributed by atoms with E-state index in [1.807, 2.05) is 109 Å². The minimum atomic E-state index is 0.615. The van der Waals surface area contributed by atoms with Crippen LogP contribution < -0.4 is 0 Å². The zero-order chi connectivity index (χ0) is 36.6. The molecule has 6 nitrogen and oxygen atoms in total. The van der Waals surface area contributed by atoms with Gasteiger partial charge in [-0.3, -0.25) is 0 Å². The van der Waals surface area contributed by atoms with E-state index in [0.717, 1.165) is 77.8 Å². The predicted octanol–water partition coefficient (Wildman–Crippen LogP) is 12.2. The van der Waals surface area contributed by atoms with Crippen molar-refractivity contribution in [3.8, 4) is 79.2 Å². The van der Waals surface area contributed by atoms with Gasteiger partial charge in [0.2, 0.25) is 0 Å². The molecule has 55 heavy (non-hydrogen) atoms. The van der Waals surface area contributed by atoms with E-state index in [2.05, 4.69) is 78.9 Å². The van der Waals surface area contributed by atoms with Gasteiger partial charge in [-0.2, -0.15) is 0 Å². The fourth-order valence-electron chi connectivity index (χ4n) is 6.99. The normalized spacial score (nSPS) is 11.3. The molecule has 0 atom stereocenters. The molecule has 0 aliphatic rings. The van der Waals surface area contributed by atoms with Gasteiger partial charge in [0.1, 0.15) is 11.2 Å². The minimum Gasteiger partial charge on any atom is -0.455 e. The van der Waals surface area contributed by atoms with Crippen LogP contribution in [0.5, 0.6) is 0 Å². The first-order chi connectivity index (χ1) is 27.2. The third-order valence-electron chi connectivity index (χ3n) is 9.78. The Morgan fingerprint density at radius 3 is 1.27 bits per heavy atom. The second-order valence-electron chi connectivity index (χ2n) is 13.3. The third kappa shape index (κ3) is 6.22. The van der Waals surface area contributed by atoms with Crippen molar-refractivity contribution in [1.29, 1.82) is 0 Å². The van der Waals surface area contributed by atoms with Crippen molar-refractivity contribution in [3.63, 3.8) is 0 Å². The van der Waals surface area contributed by atoms with E-state index in [4.69, 9.17) is 29.3 Å². The van der Waals surface area contributed by atoms with Crippen LogP contribution in [0.4, 0.5) is 0 Å². The summed E-state index contributed by atoms with van der Waals surface area (Å²) in [6.45, 7) is 0. The zero-order valence-electron chi connectivity index (χ0n) is 29.5. The molecule has 0 aliphatic carbocycles. The van der Waals surface area contributed by atoms with Crippen LogP contribution in [0.25, 0.3) is 101 Å². The Morgan fingerprint density at radius 2 is 0.727 bits per heavy atom. The summed E-state index contributed by atoms with van der Waals surface area (Å²) in [5, 5.41) is 2.10. The fraction of sp³-hybridized carbons (Fsp3) is 0. The SMILES string of the molecule is c1ccc(-c2cc(-c3ccc4c(c3)oc3c(-c5ccc(-c6nc(-c7ccccc7)nc(-c7ccccc7)n6)cc5)cccc34)nc(-c3ccccc3)n2)cc1. The van der Waals surface area contributed by atoms with Crippen LogP contribution in [-0.4, -0.2) is 24.9 Å². The highest BCUT2D eigenvalue weighted by Crippen LogP contribution is 2.38. The number of furan rings is 1. The van der Waals surface area contributed by atoms with Crippen molar-refractivity contribution in [3.05, 3.63) is 188 Å². The Bertz CT molecular complexity index is 2830. The van der Waals surface area contributed by atoms with E-state index >= 15 is 0 Å². The van der Waals surface area contributed by atoms with Crippen LogP contribution in [0, 0.1) is 0 Å². The first kappa shape index (κ1) is 32.1. The lowest BCUT2D eigenvalue weighted by molar-refractivity contribution is 0.670. The lowest BCUT2D eigenvalue weighted by atomic mass is 10.0. The number of para-hydroxylation sites is 1. The molecule has 0 bridgehead atoms. The Balaban J connectivity index is 1.03. The molecule has 0 spiro atoms. The maximum absolute atomic E-state index is 6.70. The molecule has 0 amide bonds. The molecule has 0 aliphatic heterocycles. The number of fused-ring (bicyclic) bond motifs is 3. The average Bonchev–Trinajstić information content (AvgIpc) is 3.66. The van der Waals surface area contributed by atoms with Crippen LogP contribution in [0.15, 0.2) is 192 Å². The maximum Gasteiger partial charge on any atom is 0.164 e. The molecular weight excluding hydrogens is 675 g/mol. The Morgan fingerprint density at radius 1 is 0.291 bits per heavy atom. The molecule has 10 rings (SSSR count). The highest BCUT2D eigenvalue weighted by molar-refractivity contribution is 6.10. The average molecular weight is 706 g/mol. The number of nitrogens with zero attached hydrogens (tertiary/aromatic N) is 5. The van der Waals surface area contributed by atoms with Crippen molar-refractivity contribution < 1.29 is 4.42 Å². The fourth-order valence-corrected chi connectivity index (χ4v) is 6.99. The Kier molecular flexibility index (Phi) is 8.04. The highest BCUT2D eigenvalue weighted by Gasteiger charge is 2.17. The molecule has 258 valence electrons. The van der Waals surface area contributed by atoms with E-state index in [-0.39, 0.29) is 0 Å². The van der Waals surface area contributed by atoms with Gasteiger partial charge in [-0.15, -0.1) is 0 Å². The molecule has 0 saturated carbocycles. The lowest BCUT2D eigenvalue weighted by Gasteiger charge is -2.09. The molecule has 10 aromatic rings. The first-order valence-electron chi connectivity index (χ1n) is 18.2. The number of hydrogen-bond donors (Lipinski definition) is 0. The van der Waals surface area contributed by atoms with Gasteiger partial charge in [0.15, 0.2) is 23.3 Å². The van der Waals surface area contributed by atoms with Gasteiger partial charge >= 0.3 is 0 Å². The zero-order valence-corrected chi connectivity index (χ0v) is 29.5. The lowest BCUT2D eigenvalue weighted by Crippen LogP contribution is -2.00. The third-order valence-corrected chi connectivity index (χ3v) is 9.78. The van der Waals surface area contributed by atoms with Crippen molar-refractivity contribution in [1.82, 2.24) is 24.9 Å². The van der Waals surface area contributed by atoms with Gasteiger partial charge in [-0.1, -0.05) is 170 Å². The van der Waals surface area contributed by atoms with E-state index in [0.29, 0.717) is 23.3 Å². The van der Waals surface area contributed by atoms with Crippen molar-refractivity contribution >= 4 is 21.9 Å². The molecule has 3 aromatic heterocycles. The minimum absolute atomic E-state index is 0.615. The smallest absolute Gasteiger partial charge is 0.164 e. The second kappa shape index (κ2) is 13.8. The molecule has 3 heterocycles. The molecule has 0 saturated heterocycles. The van der Waals surface area contributed by atoms with E-state index < -0.39 is 0 Å². The topological polar surface area (TPSA) is 77.6 Å². The van der Waals surface area contributed by atoms with Gasteiger partial charge in [0, 0.05) is 49.7 Å². The largest absolute Gasteiger partial charge is 0.455 e. The van der Waals surface area contributed by atoms with Crippen molar-refractivity contribution in [2.24, 2.45) is 0 Å². The summed E-state index contributed by atoms with van der Waals surface area (Å²) >= 11 is 0. The summed E-state index contributed by atoms with van der Waals surface area (Å²) in [5.41, 5.74) is 11.1. The van der Waals surface area contributed by atoms with Gasteiger partial charge < -0.3 is 4.42 Å². The van der Waals surface area contributed by atoms with Crippen LogP contribution in [-0.2, 0) is 0 Å². The molecule has 0 fully saturated rings. The molecule has 0 N–H and O–H groups in total. The summed E-state index contributed by atoms with van der Waals surface area (Å²) in [4.78, 5) is 24.7. The summed E-state index contributed by atoms with van der Waals surface area (Å²) in [6, 6.07) is 63.4. The monoisotopic (exact) mass is 705 g/mol. The molecule has 6 heteroatoms. The van der Waals surface area contributed by atoms with Crippen molar-refractivity contribution in [2.75, 3.05) is 0 Å². The number of benzene rings is 7. The van der Waals surface area contributed by atoms with Gasteiger partial charge in [0.05, 0.1) is 11.4 Å². The first-order valence-corrected chi connectivity index (χ1v) is 18.2. The van der Waals surface area contributed by atoms with E-state index in [1.165, 1.54) is 0 Å². The molecule has 0 radical (unpaired) electrons. The predicted molar refractivity (Wildman–Crippen MR) is 221 cm³/mol. The van der Waals surface area contributed by atoms with Gasteiger partial charge in [0.25, 0.3) is 0 Å². The van der Waals surface area contributed by atoms with Crippen LogP contribution >= 0.6 is 0 Å². The summed E-state index contributed by atoms with van der Waals surface area (Å²) in [6.07, 6.45) is 0. The maximum atomic E-state index is 6.70. The van der Waals surface area contributed by atoms with Gasteiger partial charge in [-0.05, 0) is 23.8 Å². The summed E-state index contributed by atoms with van der Waals surface area (Å²) in [5.74, 6) is 2.56. The molecule has 0 unspecified atom stereocenters. The molecular formula is C49H31N5O. The highest BCUT2D eigenvalue weighted by atomic mass is 16.3. The summed E-state index contributed by atoms with van der Waals surface area (Å²) < 4.78 is 6.70. The quantitative estimate of drug-likeness (QED) is 0.164. The standard InChI is InChI=1S/C49H31N5O/c1-5-14-33(15-6-1)42-31-43(51-46(50-42)34-16-7-2-8-17-34)38-28-29-40-41-23-13-22-39(45(41)55-44(40)30-38)32-24-26-37(27-25-32)49-53-47(35-18-9-3-10-19-35)52-48(54-49)36-20-11-4-12-21-36/h1-31H. The van der Waals surface area contributed by atoms with Crippen LogP contribution in [0.3, 0.4) is 0 Å². The van der Waals surface area contributed by atoms with E-state index in [9.17, 15) is 0 Å². The van der Waals surface area contributed by atoms with Crippen molar-refractivity contribution in [2.45, 2.75) is 0 Å².